The van der Waals surface area contributed by atoms with Crippen LogP contribution in [-0.2, 0) is 4.74 Å². The van der Waals surface area contributed by atoms with Gasteiger partial charge in [-0.2, -0.15) is 0 Å². The van der Waals surface area contributed by atoms with E-state index in [0.717, 1.165) is 4.90 Å². The van der Waals surface area contributed by atoms with Gasteiger partial charge < -0.3 is 25.4 Å². The Kier molecular flexibility index (Phi) is 7.65. The maximum absolute atomic E-state index is 14.4. The summed E-state index contributed by atoms with van der Waals surface area (Å²) in [5, 5.41) is 12.4. The third-order valence-corrected chi connectivity index (χ3v) is 5.93. The highest BCUT2D eigenvalue weighted by Gasteiger charge is 2.18. The number of carbonyl (C=O) groups excluding carboxylic acids is 2. The molecule has 1 aliphatic heterocycles. The fourth-order valence-electron chi connectivity index (χ4n) is 4.11. The summed E-state index contributed by atoms with van der Waals surface area (Å²) in [4.78, 5) is 27.7. The van der Waals surface area contributed by atoms with Crippen molar-refractivity contribution in [3.05, 3.63) is 66.0 Å². The minimum absolute atomic E-state index is 0.0614. The number of nitrogens with two attached hydrogens (primary N) is 1. The number of carbonyl (C=O) groups is 2. The third kappa shape index (κ3) is 5.55. The number of fused-ring (bicyclic) bond motifs is 1. The Hall–Kier alpha value is -4.18. The Balaban J connectivity index is 1.55. The predicted molar refractivity (Wildman–Crippen MR) is 137 cm³/mol. The van der Waals surface area contributed by atoms with E-state index in [2.05, 4.69) is 5.32 Å². The lowest BCUT2D eigenvalue weighted by molar-refractivity contribution is 0.102. The van der Waals surface area contributed by atoms with Gasteiger partial charge in [-0.25, -0.2) is 9.18 Å². The number of nitrogens with one attached hydrogen (secondary N) is 2. The molecule has 1 aliphatic rings. The molecule has 9 nitrogen and oxygen atoms in total. The number of urea groups is 1. The highest BCUT2D eigenvalue weighted by Crippen LogP contribution is 2.32. The summed E-state index contributed by atoms with van der Waals surface area (Å²) in [5.41, 5.74) is 6.68. The van der Waals surface area contributed by atoms with E-state index in [1.807, 2.05) is 29.2 Å². The Labute approximate surface area is 208 Å². The number of amidine groups is 1. The van der Waals surface area contributed by atoms with E-state index in [1.165, 1.54) is 12.1 Å². The van der Waals surface area contributed by atoms with E-state index in [-0.39, 0.29) is 24.6 Å². The zero-order valence-electron chi connectivity index (χ0n) is 19.9. The number of anilines is 2. The highest BCUT2D eigenvalue weighted by atomic mass is 19.1. The molecule has 4 N–H and O–H groups in total. The normalized spacial score (nSPS) is 13.3. The Morgan fingerprint density at radius 1 is 1.14 bits per heavy atom. The summed E-state index contributed by atoms with van der Waals surface area (Å²) in [5.74, 6) is -0.509. The van der Waals surface area contributed by atoms with Crippen LogP contribution in [0.3, 0.4) is 0 Å². The van der Waals surface area contributed by atoms with Gasteiger partial charge in [-0.1, -0.05) is 24.3 Å². The molecule has 0 spiro atoms. The molecule has 0 atom stereocenters. The number of nitrogens with zero attached hydrogens (tertiary/aromatic N) is 2. The third-order valence-electron chi connectivity index (χ3n) is 5.93. The number of benzene rings is 3. The van der Waals surface area contributed by atoms with E-state index in [1.54, 1.807) is 25.1 Å². The number of amides is 3. The second-order valence-electron chi connectivity index (χ2n) is 8.23. The monoisotopic (exact) mass is 493 g/mol. The van der Waals surface area contributed by atoms with Gasteiger partial charge >= 0.3 is 6.03 Å². The van der Waals surface area contributed by atoms with Crippen molar-refractivity contribution in [2.45, 2.75) is 6.92 Å². The summed E-state index contributed by atoms with van der Waals surface area (Å²) < 4.78 is 25.5. The molecule has 0 unspecified atom stereocenters. The topological polar surface area (TPSA) is 121 Å². The minimum atomic E-state index is -0.719. The summed E-state index contributed by atoms with van der Waals surface area (Å²) in [6, 6.07) is 14.3. The number of hydrogen-bond donors (Lipinski definition) is 3. The first-order valence-corrected chi connectivity index (χ1v) is 11.6. The number of rotatable bonds is 7. The largest absolute Gasteiger partial charge is 0.485 e. The fourth-order valence-corrected chi connectivity index (χ4v) is 4.11. The predicted octanol–water partition coefficient (Wildman–Crippen LogP) is 3.82. The lowest BCUT2D eigenvalue weighted by Crippen LogP contribution is -2.42. The standard InChI is InChI=1S/C26H28FN5O4/c1-2-32(26(29)34)24(28)16-36-23-8-7-22(20-5-3-4-6-21(20)23)30-25(33)17-13-18(27)15-19(14-17)31-9-11-35-12-10-31/h3-8,13-15,28H,2,9-12,16H2,1H3,(H2,29,34)(H,30,33). The second-order valence-corrected chi connectivity index (χ2v) is 8.23. The Morgan fingerprint density at radius 2 is 1.86 bits per heavy atom. The van der Waals surface area contributed by atoms with Gasteiger partial charge in [-0.05, 0) is 37.3 Å². The molecule has 0 aliphatic carbocycles. The first-order chi connectivity index (χ1) is 17.4. The molecule has 36 heavy (non-hydrogen) atoms. The molecule has 3 aromatic rings. The van der Waals surface area contributed by atoms with Crippen molar-refractivity contribution >= 4 is 39.9 Å². The van der Waals surface area contributed by atoms with Crippen LogP contribution in [0, 0.1) is 11.2 Å². The zero-order chi connectivity index (χ0) is 25.7. The summed E-state index contributed by atoms with van der Waals surface area (Å²) in [6.45, 7) is 4.19. The molecule has 1 saturated heterocycles. The molecule has 3 aromatic carbocycles. The molecule has 1 fully saturated rings. The molecule has 0 aromatic heterocycles. The van der Waals surface area contributed by atoms with E-state index in [4.69, 9.17) is 20.6 Å². The summed E-state index contributed by atoms with van der Waals surface area (Å²) in [6.07, 6.45) is 0. The van der Waals surface area contributed by atoms with Crippen molar-refractivity contribution in [2.24, 2.45) is 5.73 Å². The van der Waals surface area contributed by atoms with Crippen LogP contribution < -0.4 is 20.7 Å². The quantitative estimate of drug-likeness (QED) is 0.341. The van der Waals surface area contributed by atoms with Gasteiger partial charge in [-0.15, -0.1) is 0 Å². The van der Waals surface area contributed by atoms with Crippen molar-refractivity contribution in [1.29, 1.82) is 5.41 Å². The smallest absolute Gasteiger partial charge is 0.320 e. The molecule has 0 radical (unpaired) electrons. The van der Waals surface area contributed by atoms with Gasteiger partial charge in [0, 0.05) is 47.3 Å². The van der Waals surface area contributed by atoms with Crippen molar-refractivity contribution < 1.29 is 23.5 Å². The molecular weight excluding hydrogens is 465 g/mol. The van der Waals surface area contributed by atoms with E-state index < -0.39 is 17.8 Å². The van der Waals surface area contributed by atoms with Crippen LogP contribution in [0.15, 0.2) is 54.6 Å². The lowest BCUT2D eigenvalue weighted by atomic mass is 10.1. The molecule has 10 heteroatoms. The van der Waals surface area contributed by atoms with Crippen LogP contribution >= 0.6 is 0 Å². The van der Waals surface area contributed by atoms with Gasteiger partial charge in [-0.3, -0.25) is 15.1 Å². The number of primary amides is 1. The van der Waals surface area contributed by atoms with Crippen molar-refractivity contribution in [2.75, 3.05) is 49.7 Å². The molecule has 3 amide bonds. The maximum atomic E-state index is 14.4. The first kappa shape index (κ1) is 24.9. The van der Waals surface area contributed by atoms with Crippen LogP contribution in [0.5, 0.6) is 5.75 Å². The summed E-state index contributed by atoms with van der Waals surface area (Å²) in [7, 11) is 0. The van der Waals surface area contributed by atoms with E-state index >= 15 is 0 Å². The van der Waals surface area contributed by atoms with Gasteiger partial charge in [0.05, 0.1) is 13.2 Å². The van der Waals surface area contributed by atoms with Crippen LogP contribution in [-0.4, -0.2) is 62.1 Å². The van der Waals surface area contributed by atoms with Gasteiger partial charge in [0.25, 0.3) is 5.91 Å². The van der Waals surface area contributed by atoms with Crippen molar-refractivity contribution in [1.82, 2.24) is 4.90 Å². The second kappa shape index (κ2) is 11.0. The highest BCUT2D eigenvalue weighted by molar-refractivity contribution is 6.10. The average molecular weight is 494 g/mol. The minimum Gasteiger partial charge on any atom is -0.485 e. The van der Waals surface area contributed by atoms with Crippen molar-refractivity contribution in [3.8, 4) is 5.75 Å². The van der Waals surface area contributed by atoms with Crippen LogP contribution in [0.1, 0.15) is 17.3 Å². The molecule has 1 heterocycles. The van der Waals surface area contributed by atoms with Gasteiger partial charge in [0.2, 0.25) is 0 Å². The number of morpholine rings is 1. The molecule has 0 saturated carbocycles. The molecule has 188 valence electrons. The van der Waals surface area contributed by atoms with E-state index in [0.29, 0.717) is 54.2 Å². The number of ether oxygens (including phenoxy) is 2. The average Bonchev–Trinajstić information content (AvgIpc) is 2.88. The number of likely N-dealkylation sites (N-methyl/N-ethyl adjacent to an activating group) is 1. The van der Waals surface area contributed by atoms with Crippen LogP contribution in [0.2, 0.25) is 0 Å². The SMILES string of the molecule is CCN(C(=N)COc1ccc(NC(=O)c2cc(F)cc(N3CCOCC3)c2)c2ccccc12)C(N)=O. The van der Waals surface area contributed by atoms with Crippen LogP contribution in [0.4, 0.5) is 20.6 Å². The number of halogens is 1. The van der Waals surface area contributed by atoms with Crippen molar-refractivity contribution in [3.63, 3.8) is 0 Å². The molecular formula is C26H28FN5O4. The fraction of sp³-hybridized carbons (Fsp3) is 0.269. The number of hydrogen-bond acceptors (Lipinski definition) is 6. The van der Waals surface area contributed by atoms with Crippen LogP contribution in [0.25, 0.3) is 10.8 Å². The maximum Gasteiger partial charge on any atom is 0.320 e. The molecule has 0 bridgehead atoms. The van der Waals surface area contributed by atoms with Gasteiger partial charge in [0.1, 0.15) is 24.0 Å². The Bertz CT molecular complexity index is 1290. The summed E-state index contributed by atoms with van der Waals surface area (Å²) >= 11 is 0. The Morgan fingerprint density at radius 3 is 2.56 bits per heavy atom. The lowest BCUT2D eigenvalue weighted by Gasteiger charge is -2.29. The van der Waals surface area contributed by atoms with Gasteiger partial charge in [0.15, 0.2) is 0 Å². The molecule has 4 rings (SSSR count). The zero-order valence-corrected chi connectivity index (χ0v) is 19.9. The van der Waals surface area contributed by atoms with E-state index in [9.17, 15) is 14.0 Å². The first-order valence-electron chi connectivity index (χ1n) is 11.6.